The van der Waals surface area contributed by atoms with Crippen molar-refractivity contribution in [1.29, 1.82) is 0 Å². The van der Waals surface area contributed by atoms with Gasteiger partial charge in [-0.25, -0.2) is 14.8 Å². The third-order valence-electron chi connectivity index (χ3n) is 2.97. The first-order valence-corrected chi connectivity index (χ1v) is 6.29. The average Bonchev–Trinajstić information content (AvgIpc) is 2.77. The third kappa shape index (κ3) is 3.25. The first-order chi connectivity index (χ1) is 9.88. The third-order valence-corrected chi connectivity index (χ3v) is 2.97. The molecule has 0 bridgehead atoms. The van der Waals surface area contributed by atoms with Crippen LogP contribution in [0.5, 0.6) is 0 Å². The van der Waals surface area contributed by atoms with Crippen molar-refractivity contribution in [3.05, 3.63) is 46.4 Å². The van der Waals surface area contributed by atoms with Gasteiger partial charge in [-0.1, -0.05) is 0 Å². The molecule has 0 saturated heterocycles. The van der Waals surface area contributed by atoms with E-state index in [1.54, 1.807) is 20.8 Å². The Labute approximate surface area is 121 Å². The number of furan rings is 1. The monoisotopic (exact) mass is 289 g/mol. The molecule has 0 radical (unpaired) electrons. The molecule has 2 rings (SSSR count). The second-order valence-electron chi connectivity index (χ2n) is 4.59. The number of carbonyl (C=O) groups is 2. The number of carboxylic acid groups (broad SMARTS) is 1. The Morgan fingerprint density at radius 3 is 2.57 bits per heavy atom. The van der Waals surface area contributed by atoms with Crippen molar-refractivity contribution in [3.8, 4) is 0 Å². The van der Waals surface area contributed by atoms with Crippen LogP contribution in [0.25, 0.3) is 0 Å². The zero-order chi connectivity index (χ0) is 15.6. The van der Waals surface area contributed by atoms with Gasteiger partial charge in [0.25, 0.3) is 5.91 Å². The lowest BCUT2D eigenvalue weighted by Gasteiger charge is -2.05. The second kappa shape index (κ2) is 5.74. The van der Waals surface area contributed by atoms with Gasteiger partial charge in [-0.3, -0.25) is 4.79 Å². The highest BCUT2D eigenvalue weighted by molar-refractivity contribution is 5.94. The van der Waals surface area contributed by atoms with Crippen LogP contribution in [-0.2, 0) is 6.54 Å². The van der Waals surface area contributed by atoms with E-state index in [-0.39, 0.29) is 18.0 Å². The van der Waals surface area contributed by atoms with Crippen LogP contribution in [0.2, 0.25) is 0 Å². The summed E-state index contributed by atoms with van der Waals surface area (Å²) in [5.41, 5.74) is 1.05. The van der Waals surface area contributed by atoms with Crippen LogP contribution < -0.4 is 5.32 Å². The molecule has 0 saturated carbocycles. The maximum absolute atomic E-state index is 12.0. The number of hydrogen-bond donors (Lipinski definition) is 2. The summed E-state index contributed by atoms with van der Waals surface area (Å²) in [7, 11) is 0. The predicted octanol–water partition coefficient (Wildman–Crippen LogP) is 1.62. The summed E-state index contributed by atoms with van der Waals surface area (Å²) in [4.78, 5) is 31.0. The quantitative estimate of drug-likeness (QED) is 0.886. The lowest BCUT2D eigenvalue weighted by atomic mass is 10.2. The number of hydrogen-bond acceptors (Lipinski definition) is 5. The van der Waals surface area contributed by atoms with Crippen LogP contribution in [0.4, 0.5) is 0 Å². The summed E-state index contributed by atoms with van der Waals surface area (Å²) >= 11 is 0. The molecule has 21 heavy (non-hydrogen) atoms. The molecular weight excluding hydrogens is 274 g/mol. The van der Waals surface area contributed by atoms with E-state index in [2.05, 4.69) is 15.3 Å². The van der Waals surface area contributed by atoms with Gasteiger partial charge in [-0.15, -0.1) is 0 Å². The van der Waals surface area contributed by atoms with Crippen molar-refractivity contribution in [2.45, 2.75) is 27.3 Å². The van der Waals surface area contributed by atoms with Gasteiger partial charge < -0.3 is 14.8 Å². The molecule has 0 fully saturated rings. The molecule has 0 aliphatic heterocycles. The molecule has 0 aliphatic rings. The molecule has 2 heterocycles. The van der Waals surface area contributed by atoms with Crippen LogP contribution in [-0.4, -0.2) is 27.0 Å². The maximum atomic E-state index is 12.0. The van der Waals surface area contributed by atoms with Gasteiger partial charge in [0, 0.05) is 6.20 Å². The van der Waals surface area contributed by atoms with E-state index in [0.717, 1.165) is 0 Å². The Morgan fingerprint density at radius 2 is 2.00 bits per heavy atom. The van der Waals surface area contributed by atoms with Crippen LogP contribution in [0, 0.1) is 20.8 Å². The Kier molecular flexibility index (Phi) is 4.02. The average molecular weight is 289 g/mol. The van der Waals surface area contributed by atoms with Gasteiger partial charge >= 0.3 is 5.97 Å². The van der Waals surface area contributed by atoms with Gasteiger partial charge in [-0.05, 0) is 26.8 Å². The highest BCUT2D eigenvalue weighted by atomic mass is 16.4. The number of rotatable bonds is 4. The summed E-state index contributed by atoms with van der Waals surface area (Å²) in [6.07, 6.45) is 1.46. The van der Waals surface area contributed by atoms with Gasteiger partial charge in [0.1, 0.15) is 22.9 Å². The van der Waals surface area contributed by atoms with E-state index < -0.39 is 5.97 Å². The molecule has 2 N–H and O–H groups in total. The largest absolute Gasteiger partial charge is 0.478 e. The standard InChI is InChI=1S/C14H15N3O4/c1-7-12(6-15-9(3)17-7)13(18)16-5-10-4-11(14(19)20)8(2)21-10/h4,6H,5H2,1-3H3,(H,16,18)(H,19,20). The minimum Gasteiger partial charge on any atom is -0.478 e. The molecule has 0 aromatic carbocycles. The lowest BCUT2D eigenvalue weighted by Crippen LogP contribution is -2.24. The number of aryl methyl sites for hydroxylation is 3. The first kappa shape index (κ1) is 14.7. The predicted molar refractivity (Wildman–Crippen MR) is 73.1 cm³/mol. The fourth-order valence-electron chi connectivity index (χ4n) is 1.91. The van der Waals surface area contributed by atoms with Crippen molar-refractivity contribution in [2.75, 3.05) is 0 Å². The number of nitrogens with zero attached hydrogens (tertiary/aromatic N) is 2. The Balaban J connectivity index is 2.07. The van der Waals surface area contributed by atoms with Gasteiger partial charge in [-0.2, -0.15) is 0 Å². The topological polar surface area (TPSA) is 105 Å². The fourth-order valence-corrected chi connectivity index (χ4v) is 1.91. The molecule has 2 aromatic heterocycles. The number of carboxylic acids is 1. The molecule has 1 amide bonds. The van der Waals surface area contributed by atoms with Gasteiger partial charge in [0.05, 0.1) is 17.8 Å². The van der Waals surface area contributed by atoms with E-state index in [9.17, 15) is 9.59 Å². The Morgan fingerprint density at radius 1 is 1.29 bits per heavy atom. The van der Waals surface area contributed by atoms with Crippen molar-refractivity contribution in [2.24, 2.45) is 0 Å². The minimum absolute atomic E-state index is 0.0918. The van der Waals surface area contributed by atoms with Crippen molar-refractivity contribution >= 4 is 11.9 Å². The van der Waals surface area contributed by atoms with E-state index in [1.807, 2.05) is 0 Å². The van der Waals surface area contributed by atoms with Crippen molar-refractivity contribution in [3.63, 3.8) is 0 Å². The summed E-state index contributed by atoms with van der Waals surface area (Å²) in [6.45, 7) is 5.13. The first-order valence-electron chi connectivity index (χ1n) is 6.29. The number of amides is 1. The normalized spacial score (nSPS) is 10.4. The second-order valence-corrected chi connectivity index (χ2v) is 4.59. The molecule has 7 heteroatoms. The zero-order valence-electron chi connectivity index (χ0n) is 11.9. The molecule has 0 atom stereocenters. The summed E-state index contributed by atoms with van der Waals surface area (Å²) < 4.78 is 5.28. The highest BCUT2D eigenvalue weighted by Gasteiger charge is 2.15. The minimum atomic E-state index is -1.06. The van der Waals surface area contributed by atoms with Crippen LogP contribution in [0.15, 0.2) is 16.7 Å². The summed E-state index contributed by atoms with van der Waals surface area (Å²) in [5, 5.41) is 11.6. The molecule has 0 unspecified atom stereocenters. The van der Waals surface area contributed by atoms with Crippen LogP contribution in [0.3, 0.4) is 0 Å². The summed E-state index contributed by atoms with van der Waals surface area (Å²) in [6, 6.07) is 1.40. The molecule has 2 aromatic rings. The van der Waals surface area contributed by atoms with E-state index >= 15 is 0 Å². The van der Waals surface area contributed by atoms with E-state index in [4.69, 9.17) is 9.52 Å². The van der Waals surface area contributed by atoms with E-state index in [0.29, 0.717) is 28.6 Å². The van der Waals surface area contributed by atoms with Crippen molar-refractivity contribution in [1.82, 2.24) is 15.3 Å². The maximum Gasteiger partial charge on any atom is 0.339 e. The molecular formula is C14H15N3O4. The molecule has 7 nitrogen and oxygen atoms in total. The van der Waals surface area contributed by atoms with Crippen LogP contribution in [0.1, 0.15) is 43.8 Å². The Bertz CT molecular complexity index is 706. The zero-order valence-corrected chi connectivity index (χ0v) is 11.9. The fraction of sp³-hybridized carbons (Fsp3) is 0.286. The van der Waals surface area contributed by atoms with Gasteiger partial charge in [0.15, 0.2) is 0 Å². The SMILES string of the molecule is Cc1ncc(C(=O)NCc2cc(C(=O)O)c(C)o2)c(C)n1. The molecule has 110 valence electrons. The Hall–Kier alpha value is -2.70. The number of nitrogens with one attached hydrogen (secondary N) is 1. The van der Waals surface area contributed by atoms with Crippen molar-refractivity contribution < 1.29 is 19.1 Å². The van der Waals surface area contributed by atoms with Gasteiger partial charge in [0.2, 0.25) is 0 Å². The smallest absolute Gasteiger partial charge is 0.339 e. The number of carbonyl (C=O) groups excluding carboxylic acids is 1. The number of aromatic nitrogens is 2. The lowest BCUT2D eigenvalue weighted by molar-refractivity contribution is 0.0694. The summed E-state index contributed by atoms with van der Waals surface area (Å²) in [5.74, 6) is -0.114. The number of aromatic carboxylic acids is 1. The molecule has 0 aliphatic carbocycles. The highest BCUT2D eigenvalue weighted by Crippen LogP contribution is 2.14. The van der Waals surface area contributed by atoms with Crippen LogP contribution >= 0.6 is 0 Å². The molecule has 0 spiro atoms. The van der Waals surface area contributed by atoms with E-state index in [1.165, 1.54) is 12.3 Å².